The first-order chi connectivity index (χ1) is 8.86. The molecule has 0 unspecified atom stereocenters. The number of aryl methyl sites for hydroxylation is 2. The number of rotatable bonds is 4. The highest BCUT2D eigenvalue weighted by Crippen LogP contribution is 2.29. The molecule has 0 aliphatic carbocycles. The summed E-state index contributed by atoms with van der Waals surface area (Å²) < 4.78 is 40.2. The molecule has 8 heteroatoms. The van der Waals surface area contributed by atoms with E-state index < -0.39 is 11.9 Å². The van der Waals surface area contributed by atoms with Gasteiger partial charge in [-0.05, 0) is 12.1 Å². The molecule has 0 fully saturated rings. The van der Waals surface area contributed by atoms with Gasteiger partial charge in [-0.15, -0.1) is 0 Å². The molecule has 2 heterocycles. The van der Waals surface area contributed by atoms with Gasteiger partial charge in [0.1, 0.15) is 5.69 Å². The van der Waals surface area contributed by atoms with Crippen molar-refractivity contribution >= 4 is 0 Å². The van der Waals surface area contributed by atoms with Gasteiger partial charge in [0.15, 0.2) is 0 Å². The van der Waals surface area contributed by atoms with Crippen LogP contribution in [0.25, 0.3) is 0 Å². The van der Waals surface area contributed by atoms with E-state index in [0.717, 1.165) is 16.4 Å². The van der Waals surface area contributed by atoms with Crippen LogP contribution in [0.3, 0.4) is 0 Å². The van der Waals surface area contributed by atoms with E-state index in [2.05, 4.69) is 15.5 Å². The maximum absolute atomic E-state index is 12.6. The van der Waals surface area contributed by atoms with Gasteiger partial charge in [0.2, 0.25) is 0 Å². The predicted molar refractivity (Wildman–Crippen MR) is 62.0 cm³/mol. The molecule has 2 aromatic heterocycles. The molecule has 0 atom stereocenters. The lowest BCUT2D eigenvalue weighted by molar-refractivity contribution is -0.143. The average molecular weight is 273 g/mol. The van der Waals surface area contributed by atoms with E-state index >= 15 is 0 Å². The number of hydrogen-bond acceptors (Lipinski definition) is 3. The van der Waals surface area contributed by atoms with E-state index in [1.807, 2.05) is 6.07 Å². The zero-order chi connectivity index (χ0) is 14.0. The van der Waals surface area contributed by atoms with Gasteiger partial charge < -0.3 is 5.32 Å². The molecule has 5 nitrogen and oxygen atoms in total. The van der Waals surface area contributed by atoms with Gasteiger partial charge in [0, 0.05) is 33.4 Å². The highest BCUT2D eigenvalue weighted by atomic mass is 19.4. The Bertz CT molecular complexity index is 555. The Hall–Kier alpha value is -1.83. The van der Waals surface area contributed by atoms with E-state index in [1.165, 1.54) is 7.05 Å². The summed E-state index contributed by atoms with van der Waals surface area (Å²) in [5.41, 5.74) is 0.433. The van der Waals surface area contributed by atoms with Crippen molar-refractivity contribution in [3.63, 3.8) is 0 Å². The van der Waals surface area contributed by atoms with Crippen molar-refractivity contribution in [2.24, 2.45) is 14.1 Å². The van der Waals surface area contributed by atoms with Crippen molar-refractivity contribution in [3.05, 3.63) is 35.4 Å². The summed E-state index contributed by atoms with van der Waals surface area (Å²) in [4.78, 5) is 0. The molecule has 0 aliphatic heterocycles. The first-order valence-electron chi connectivity index (χ1n) is 5.65. The Morgan fingerprint density at radius 1 is 1.16 bits per heavy atom. The van der Waals surface area contributed by atoms with Crippen molar-refractivity contribution in [1.29, 1.82) is 0 Å². The topological polar surface area (TPSA) is 47.7 Å². The van der Waals surface area contributed by atoms with Crippen molar-refractivity contribution in [1.82, 2.24) is 24.9 Å². The van der Waals surface area contributed by atoms with Crippen LogP contribution in [0.4, 0.5) is 13.2 Å². The number of aromatic nitrogens is 4. The number of nitrogens with one attached hydrogen (secondary N) is 1. The van der Waals surface area contributed by atoms with Gasteiger partial charge in [-0.1, -0.05) is 0 Å². The van der Waals surface area contributed by atoms with Gasteiger partial charge in [0.25, 0.3) is 0 Å². The third-order valence-corrected chi connectivity index (χ3v) is 2.60. The smallest absolute Gasteiger partial charge is 0.305 e. The van der Waals surface area contributed by atoms with Gasteiger partial charge in [-0.25, -0.2) is 0 Å². The van der Waals surface area contributed by atoms with Crippen LogP contribution in [0.1, 0.15) is 17.1 Å². The highest BCUT2D eigenvalue weighted by Gasteiger charge is 2.34. The SMILES string of the molecule is Cn1ccc(CNCc2cc(C(F)(F)F)n(C)n2)n1. The van der Waals surface area contributed by atoms with Crippen molar-refractivity contribution in [2.45, 2.75) is 19.3 Å². The zero-order valence-electron chi connectivity index (χ0n) is 10.6. The predicted octanol–water partition coefficient (Wildman–Crippen LogP) is 1.46. The molecule has 0 saturated carbocycles. The summed E-state index contributed by atoms with van der Waals surface area (Å²) in [6.45, 7) is 0.749. The van der Waals surface area contributed by atoms with Gasteiger partial charge >= 0.3 is 6.18 Å². The van der Waals surface area contributed by atoms with Crippen LogP contribution >= 0.6 is 0 Å². The Labute approximate surface area is 108 Å². The normalized spacial score (nSPS) is 12.1. The maximum Gasteiger partial charge on any atom is 0.433 e. The lowest BCUT2D eigenvalue weighted by Crippen LogP contribution is -2.13. The second kappa shape index (κ2) is 5.04. The Morgan fingerprint density at radius 3 is 2.37 bits per heavy atom. The van der Waals surface area contributed by atoms with Crippen LogP contribution in [-0.2, 0) is 33.4 Å². The fraction of sp³-hybridized carbons (Fsp3) is 0.455. The molecule has 19 heavy (non-hydrogen) atoms. The van der Waals surface area contributed by atoms with Gasteiger partial charge in [-0.2, -0.15) is 23.4 Å². The van der Waals surface area contributed by atoms with Gasteiger partial charge in [-0.3, -0.25) is 9.36 Å². The molecule has 0 saturated heterocycles. The molecule has 104 valence electrons. The quantitative estimate of drug-likeness (QED) is 0.917. The molecule has 1 N–H and O–H groups in total. The van der Waals surface area contributed by atoms with Crippen LogP contribution in [-0.4, -0.2) is 19.6 Å². The summed E-state index contributed by atoms with van der Waals surface area (Å²) in [7, 11) is 3.09. The largest absolute Gasteiger partial charge is 0.433 e. The number of hydrogen-bond donors (Lipinski definition) is 1. The molecule has 0 radical (unpaired) electrons. The molecule has 0 amide bonds. The fourth-order valence-corrected chi connectivity index (χ4v) is 1.75. The summed E-state index contributed by atoms with van der Waals surface area (Å²) in [6.07, 6.45) is -2.57. The lowest BCUT2D eigenvalue weighted by Gasteiger charge is -2.04. The van der Waals surface area contributed by atoms with Crippen molar-refractivity contribution < 1.29 is 13.2 Å². The number of nitrogens with zero attached hydrogens (tertiary/aromatic N) is 4. The molecule has 0 aromatic carbocycles. The van der Waals surface area contributed by atoms with Gasteiger partial charge in [0.05, 0.1) is 11.4 Å². The second-order valence-electron chi connectivity index (χ2n) is 4.23. The average Bonchev–Trinajstić information content (AvgIpc) is 2.85. The molecular weight excluding hydrogens is 259 g/mol. The minimum atomic E-state index is -4.37. The zero-order valence-corrected chi connectivity index (χ0v) is 10.6. The summed E-state index contributed by atoms with van der Waals surface area (Å²) in [5.74, 6) is 0. The maximum atomic E-state index is 12.6. The minimum absolute atomic E-state index is 0.264. The van der Waals surface area contributed by atoms with Crippen molar-refractivity contribution in [3.8, 4) is 0 Å². The third kappa shape index (κ3) is 3.34. The monoisotopic (exact) mass is 273 g/mol. The molecule has 0 spiro atoms. The van der Waals surface area contributed by atoms with E-state index in [1.54, 1.807) is 17.9 Å². The minimum Gasteiger partial charge on any atom is -0.305 e. The van der Waals surface area contributed by atoms with E-state index in [0.29, 0.717) is 12.2 Å². The molecule has 0 aliphatic rings. The first kappa shape index (κ1) is 13.6. The second-order valence-corrected chi connectivity index (χ2v) is 4.23. The summed E-state index contributed by atoms with van der Waals surface area (Å²) in [5, 5.41) is 11.0. The van der Waals surface area contributed by atoms with Crippen molar-refractivity contribution in [2.75, 3.05) is 0 Å². The third-order valence-electron chi connectivity index (χ3n) is 2.60. The van der Waals surface area contributed by atoms with E-state index in [-0.39, 0.29) is 6.54 Å². The van der Waals surface area contributed by atoms with Crippen LogP contribution in [0, 0.1) is 0 Å². The highest BCUT2D eigenvalue weighted by molar-refractivity contribution is 5.13. The number of alkyl halides is 3. The van der Waals surface area contributed by atoms with Crippen LogP contribution in [0.5, 0.6) is 0 Å². The molecule has 0 bridgehead atoms. The standard InChI is InChI=1S/C11H14F3N5/c1-18-4-3-8(16-18)6-15-7-9-5-10(11(12,13)14)19(2)17-9/h3-5,15H,6-7H2,1-2H3. The Balaban J connectivity index is 1.93. The van der Waals surface area contributed by atoms with Crippen LogP contribution in [0.2, 0.25) is 0 Å². The van der Waals surface area contributed by atoms with Crippen LogP contribution in [0.15, 0.2) is 18.3 Å². The molecular formula is C11H14F3N5. The molecule has 2 rings (SSSR count). The summed E-state index contributed by atoms with van der Waals surface area (Å²) in [6, 6.07) is 2.89. The first-order valence-corrected chi connectivity index (χ1v) is 5.65. The summed E-state index contributed by atoms with van der Waals surface area (Å²) >= 11 is 0. The van der Waals surface area contributed by atoms with E-state index in [9.17, 15) is 13.2 Å². The number of halogens is 3. The van der Waals surface area contributed by atoms with E-state index in [4.69, 9.17) is 0 Å². The Kier molecular flexibility index (Phi) is 3.61. The molecule has 2 aromatic rings. The lowest BCUT2D eigenvalue weighted by atomic mass is 10.3. The Morgan fingerprint density at radius 2 is 1.84 bits per heavy atom. The van der Waals surface area contributed by atoms with Crippen LogP contribution < -0.4 is 5.32 Å². The fourth-order valence-electron chi connectivity index (χ4n) is 1.75.